The maximum Gasteiger partial charge on any atom is 0.238 e. The molecule has 2 amide bonds. The van der Waals surface area contributed by atoms with Crippen molar-refractivity contribution in [3.63, 3.8) is 0 Å². The Labute approximate surface area is 59.8 Å². The average molecular weight is 143 g/mol. The van der Waals surface area contributed by atoms with E-state index in [-0.39, 0.29) is 12.3 Å². The summed E-state index contributed by atoms with van der Waals surface area (Å²) in [5.74, 6) is -0.678. The Hall–Kier alpha value is -1.06. The normalized spacial score (nSPS) is 8.90. The van der Waals surface area contributed by atoms with Crippen LogP contribution in [-0.2, 0) is 9.59 Å². The van der Waals surface area contributed by atoms with Crippen LogP contribution in [0.5, 0.6) is 0 Å². The standard InChI is InChI=1S/C6H11N2O2/c1-5(9)8-4-2-3-6(7)10/h7H,2-4H2,1H3,(H,8,9). The Morgan fingerprint density at radius 1 is 1.50 bits per heavy atom. The van der Waals surface area contributed by atoms with Crippen LogP contribution in [0.15, 0.2) is 0 Å². The Balaban J connectivity index is 3.06. The van der Waals surface area contributed by atoms with Crippen molar-refractivity contribution < 1.29 is 9.59 Å². The molecule has 0 heterocycles. The highest BCUT2D eigenvalue weighted by molar-refractivity contribution is 5.74. The lowest BCUT2D eigenvalue weighted by Gasteiger charge is -1.97. The predicted molar refractivity (Wildman–Crippen MR) is 36.0 cm³/mol. The van der Waals surface area contributed by atoms with Crippen LogP contribution < -0.4 is 11.1 Å². The van der Waals surface area contributed by atoms with Crippen LogP contribution in [0.1, 0.15) is 19.8 Å². The van der Waals surface area contributed by atoms with Crippen LogP contribution in [0.25, 0.3) is 0 Å². The summed E-state index contributed by atoms with van der Waals surface area (Å²) in [6.45, 7) is 1.91. The molecule has 0 aliphatic carbocycles. The van der Waals surface area contributed by atoms with Crippen molar-refractivity contribution in [3.05, 3.63) is 0 Å². The van der Waals surface area contributed by atoms with Gasteiger partial charge in [0.15, 0.2) is 0 Å². The fourth-order valence-electron chi connectivity index (χ4n) is 0.513. The Morgan fingerprint density at radius 2 is 2.10 bits per heavy atom. The number of carbonyl (C=O) groups is 2. The number of nitrogens with one attached hydrogen (secondary N) is 2. The van der Waals surface area contributed by atoms with Gasteiger partial charge in [0.2, 0.25) is 11.8 Å². The van der Waals surface area contributed by atoms with Gasteiger partial charge in [-0.2, -0.15) is 0 Å². The summed E-state index contributed by atoms with van der Waals surface area (Å²) in [7, 11) is 0. The van der Waals surface area contributed by atoms with Crippen molar-refractivity contribution >= 4 is 11.8 Å². The number of carbonyl (C=O) groups excluding carboxylic acids is 2. The van der Waals surface area contributed by atoms with Gasteiger partial charge in [-0.15, -0.1) is 0 Å². The van der Waals surface area contributed by atoms with Crippen LogP contribution in [0.3, 0.4) is 0 Å². The Morgan fingerprint density at radius 3 is 2.50 bits per heavy atom. The molecule has 0 aliphatic rings. The highest BCUT2D eigenvalue weighted by atomic mass is 16.1. The highest BCUT2D eigenvalue weighted by Gasteiger charge is 1.94. The summed E-state index contributed by atoms with van der Waals surface area (Å²) in [4.78, 5) is 20.3. The molecule has 0 saturated heterocycles. The largest absolute Gasteiger partial charge is 0.356 e. The first-order chi connectivity index (χ1) is 4.63. The van der Waals surface area contributed by atoms with E-state index < -0.39 is 5.91 Å². The zero-order valence-corrected chi connectivity index (χ0v) is 5.94. The molecule has 10 heavy (non-hydrogen) atoms. The van der Waals surface area contributed by atoms with E-state index in [1.54, 1.807) is 0 Å². The van der Waals surface area contributed by atoms with Crippen molar-refractivity contribution in [2.24, 2.45) is 0 Å². The molecule has 0 saturated carbocycles. The van der Waals surface area contributed by atoms with Crippen LogP contribution in [0.4, 0.5) is 0 Å². The van der Waals surface area contributed by atoms with E-state index >= 15 is 0 Å². The van der Waals surface area contributed by atoms with E-state index in [0.717, 1.165) is 0 Å². The van der Waals surface area contributed by atoms with Gasteiger partial charge in [-0.25, -0.2) is 0 Å². The van der Waals surface area contributed by atoms with Gasteiger partial charge in [-0.3, -0.25) is 15.3 Å². The highest BCUT2D eigenvalue weighted by Crippen LogP contribution is 1.84. The summed E-state index contributed by atoms with van der Waals surface area (Å²) in [6.07, 6.45) is 0.780. The molecule has 0 aromatic carbocycles. The van der Waals surface area contributed by atoms with Crippen molar-refractivity contribution in [1.82, 2.24) is 11.1 Å². The third kappa shape index (κ3) is 6.94. The van der Waals surface area contributed by atoms with Crippen molar-refractivity contribution in [1.29, 1.82) is 0 Å². The molecule has 0 aromatic rings. The molecule has 0 unspecified atom stereocenters. The summed E-state index contributed by atoms with van der Waals surface area (Å²) in [5, 5.41) is 2.53. The molecular formula is C6H11N2O2. The lowest BCUT2D eigenvalue weighted by Crippen LogP contribution is -2.21. The average Bonchev–Trinajstić information content (AvgIpc) is 1.79. The van der Waals surface area contributed by atoms with Crippen LogP contribution in [0, 0.1) is 0 Å². The van der Waals surface area contributed by atoms with Crippen molar-refractivity contribution in [3.8, 4) is 0 Å². The molecule has 4 nitrogen and oxygen atoms in total. The molecule has 4 heteroatoms. The molecule has 0 aromatic heterocycles. The molecular weight excluding hydrogens is 132 g/mol. The topological polar surface area (TPSA) is 70.0 Å². The first-order valence-corrected chi connectivity index (χ1v) is 3.12. The van der Waals surface area contributed by atoms with Gasteiger partial charge in [0, 0.05) is 19.9 Å². The first-order valence-electron chi connectivity index (χ1n) is 3.12. The summed E-state index contributed by atoms with van der Waals surface area (Å²) in [6, 6.07) is 0. The number of rotatable bonds is 4. The number of hydrogen-bond donors (Lipinski definition) is 1. The molecule has 0 atom stereocenters. The van der Waals surface area contributed by atoms with E-state index in [9.17, 15) is 9.59 Å². The fraction of sp³-hybridized carbons (Fsp3) is 0.667. The van der Waals surface area contributed by atoms with Crippen molar-refractivity contribution in [2.75, 3.05) is 6.54 Å². The van der Waals surface area contributed by atoms with Crippen LogP contribution in [0.2, 0.25) is 0 Å². The summed E-state index contributed by atoms with van der Waals surface area (Å²) in [5.41, 5.74) is 6.51. The van der Waals surface area contributed by atoms with E-state index in [0.29, 0.717) is 13.0 Å². The maximum absolute atomic E-state index is 10.2. The second-order valence-electron chi connectivity index (χ2n) is 2.01. The lowest BCUT2D eigenvalue weighted by molar-refractivity contribution is -0.120. The van der Waals surface area contributed by atoms with Crippen LogP contribution in [-0.4, -0.2) is 18.4 Å². The number of hydrogen-bond acceptors (Lipinski definition) is 2. The first kappa shape index (κ1) is 8.94. The molecule has 0 spiro atoms. The van der Waals surface area contributed by atoms with Gasteiger partial charge in [0.25, 0.3) is 0 Å². The zero-order valence-electron chi connectivity index (χ0n) is 5.94. The third-order valence-electron chi connectivity index (χ3n) is 0.955. The molecule has 0 fully saturated rings. The summed E-state index contributed by atoms with van der Waals surface area (Å²) >= 11 is 0. The SMILES string of the molecule is CC(=O)NCCCC([NH])=O. The minimum absolute atomic E-state index is 0.0996. The van der Waals surface area contributed by atoms with Gasteiger partial charge >= 0.3 is 0 Å². The molecule has 57 valence electrons. The van der Waals surface area contributed by atoms with E-state index in [4.69, 9.17) is 5.73 Å². The molecule has 0 rings (SSSR count). The summed E-state index contributed by atoms with van der Waals surface area (Å²) < 4.78 is 0. The third-order valence-corrected chi connectivity index (χ3v) is 0.955. The van der Waals surface area contributed by atoms with Gasteiger partial charge < -0.3 is 5.32 Å². The predicted octanol–water partition coefficient (Wildman–Crippen LogP) is -0.288. The molecule has 2 N–H and O–H groups in total. The van der Waals surface area contributed by atoms with E-state index in [1.807, 2.05) is 0 Å². The Kier molecular flexibility index (Phi) is 4.28. The monoisotopic (exact) mass is 143 g/mol. The maximum atomic E-state index is 10.2. The van der Waals surface area contributed by atoms with Crippen molar-refractivity contribution in [2.45, 2.75) is 19.8 Å². The van der Waals surface area contributed by atoms with Gasteiger partial charge in [-0.05, 0) is 6.42 Å². The lowest BCUT2D eigenvalue weighted by atomic mass is 10.3. The minimum atomic E-state index is -0.578. The number of amides is 2. The van der Waals surface area contributed by atoms with Gasteiger partial charge in [0.05, 0.1) is 0 Å². The van der Waals surface area contributed by atoms with Crippen LogP contribution >= 0.6 is 0 Å². The fourth-order valence-corrected chi connectivity index (χ4v) is 0.513. The Bertz CT molecular complexity index is 118. The quantitative estimate of drug-likeness (QED) is 0.549. The van der Waals surface area contributed by atoms with E-state index in [1.165, 1.54) is 6.92 Å². The minimum Gasteiger partial charge on any atom is -0.356 e. The zero-order chi connectivity index (χ0) is 7.98. The van der Waals surface area contributed by atoms with Gasteiger partial charge in [-0.1, -0.05) is 0 Å². The second kappa shape index (κ2) is 4.78. The smallest absolute Gasteiger partial charge is 0.238 e. The second-order valence-corrected chi connectivity index (χ2v) is 2.01. The van der Waals surface area contributed by atoms with E-state index in [2.05, 4.69) is 5.32 Å². The van der Waals surface area contributed by atoms with Gasteiger partial charge in [0.1, 0.15) is 0 Å². The molecule has 1 radical (unpaired) electrons. The molecule has 0 aliphatic heterocycles. The molecule has 0 bridgehead atoms.